The molecule has 4 heteroatoms. The summed E-state index contributed by atoms with van der Waals surface area (Å²) in [5.74, 6) is 0. The first-order valence-corrected chi connectivity index (χ1v) is 6.73. The van der Waals surface area contributed by atoms with Crippen molar-refractivity contribution in [3.8, 4) is 0 Å². The lowest BCUT2D eigenvalue weighted by Gasteiger charge is -2.13. The van der Waals surface area contributed by atoms with E-state index >= 15 is 0 Å². The Morgan fingerprint density at radius 3 is 2.47 bits per heavy atom. The van der Waals surface area contributed by atoms with Crippen molar-refractivity contribution in [1.29, 1.82) is 0 Å². The van der Waals surface area contributed by atoms with Gasteiger partial charge < -0.3 is 28.9 Å². The van der Waals surface area contributed by atoms with E-state index in [-0.39, 0.29) is 24.0 Å². The smallest absolute Gasteiger partial charge is 0.169 e. The molecule has 2 aromatic rings. The van der Waals surface area contributed by atoms with Crippen LogP contribution in [0.4, 0.5) is 5.69 Å². The Bertz CT molecular complexity index is 608. The molecule has 98 valence electrons. The van der Waals surface area contributed by atoms with E-state index in [9.17, 15) is 0 Å². The molecule has 0 amide bonds. The third kappa shape index (κ3) is 2.95. The van der Waals surface area contributed by atoms with E-state index in [0.29, 0.717) is 0 Å². The predicted octanol–water partition coefficient (Wildman–Crippen LogP) is 0.0556. The van der Waals surface area contributed by atoms with Crippen LogP contribution in [0.25, 0.3) is 6.08 Å². The summed E-state index contributed by atoms with van der Waals surface area (Å²) in [6.45, 7) is 0. The van der Waals surface area contributed by atoms with Crippen LogP contribution in [0.5, 0.6) is 0 Å². The van der Waals surface area contributed by atoms with Gasteiger partial charge in [0.05, 0.1) is 10.7 Å². The maximum absolute atomic E-state index is 2.24. The lowest BCUT2D eigenvalue weighted by molar-refractivity contribution is -0.671. The van der Waals surface area contributed by atoms with E-state index in [1.54, 1.807) is 0 Å². The van der Waals surface area contributed by atoms with Gasteiger partial charge in [-0.1, -0.05) is 23.9 Å². The third-order valence-electron chi connectivity index (χ3n) is 3.07. The number of fused-ring (bicyclic) bond motifs is 1. The molecule has 0 saturated carbocycles. The first-order valence-electron chi connectivity index (χ1n) is 5.92. The van der Waals surface area contributed by atoms with Gasteiger partial charge in [-0.05, 0) is 23.8 Å². The summed E-state index contributed by atoms with van der Waals surface area (Å²) in [5.41, 5.74) is 2.52. The van der Waals surface area contributed by atoms with Gasteiger partial charge in [0, 0.05) is 24.1 Å². The van der Waals surface area contributed by atoms with Crippen LogP contribution in [0.15, 0.2) is 58.7 Å². The number of benzene rings is 1. The number of halogens is 1. The predicted molar refractivity (Wildman–Crippen MR) is 76.3 cm³/mol. The molecular formula is C15H15IN2S. The highest BCUT2D eigenvalue weighted by Gasteiger charge is 2.20. The van der Waals surface area contributed by atoms with Crippen LogP contribution in [0.2, 0.25) is 0 Å². The highest BCUT2D eigenvalue weighted by atomic mass is 127. The number of thioether (sulfide) groups is 1. The Hall–Kier alpha value is -1.01. The third-order valence-corrected chi connectivity index (χ3v) is 4.23. The van der Waals surface area contributed by atoms with Gasteiger partial charge in [0.25, 0.3) is 0 Å². The second-order valence-electron chi connectivity index (χ2n) is 4.41. The Morgan fingerprint density at radius 2 is 1.79 bits per heavy atom. The molecule has 1 aliphatic rings. The molecule has 0 unspecified atom stereocenters. The van der Waals surface area contributed by atoms with Gasteiger partial charge in [-0.3, -0.25) is 0 Å². The minimum absolute atomic E-state index is 0. The van der Waals surface area contributed by atoms with Crippen LogP contribution in [0.3, 0.4) is 0 Å². The summed E-state index contributed by atoms with van der Waals surface area (Å²) in [4.78, 5) is 3.57. The van der Waals surface area contributed by atoms with Crippen LogP contribution < -0.4 is 33.4 Å². The normalized spacial score (nSPS) is 15.3. The molecule has 0 N–H and O–H groups in total. The van der Waals surface area contributed by atoms with Crippen LogP contribution in [-0.4, -0.2) is 7.05 Å². The van der Waals surface area contributed by atoms with Crippen molar-refractivity contribution < 1.29 is 28.5 Å². The van der Waals surface area contributed by atoms with E-state index in [1.807, 2.05) is 23.4 Å². The zero-order valence-corrected chi connectivity index (χ0v) is 13.9. The van der Waals surface area contributed by atoms with Crippen molar-refractivity contribution in [2.75, 3.05) is 11.9 Å². The molecule has 1 aromatic heterocycles. The lowest BCUT2D eigenvalue weighted by Crippen LogP contribution is -3.00. The van der Waals surface area contributed by atoms with Gasteiger partial charge in [0.1, 0.15) is 7.05 Å². The molecule has 1 aliphatic heterocycles. The minimum atomic E-state index is 0. The van der Waals surface area contributed by atoms with Crippen molar-refractivity contribution >= 4 is 23.5 Å². The summed E-state index contributed by atoms with van der Waals surface area (Å²) in [5, 5.41) is 1.27. The van der Waals surface area contributed by atoms with Crippen LogP contribution in [0, 0.1) is 0 Å². The Balaban J connectivity index is 0.00000133. The zero-order valence-electron chi connectivity index (χ0n) is 10.9. The van der Waals surface area contributed by atoms with Gasteiger partial charge in [-0.25, -0.2) is 4.57 Å². The van der Waals surface area contributed by atoms with E-state index in [4.69, 9.17) is 0 Å². The number of nitrogens with zero attached hydrogens (tertiary/aromatic N) is 2. The SMILES string of the molecule is CN1/C(=C/c2cc[n+](C)cc2)Sc2ccccc21.[I-]. The second kappa shape index (κ2) is 5.96. The molecule has 0 aliphatic carbocycles. The number of aromatic nitrogens is 1. The van der Waals surface area contributed by atoms with Crippen LogP contribution in [0.1, 0.15) is 5.56 Å². The number of anilines is 1. The maximum Gasteiger partial charge on any atom is 0.169 e. The second-order valence-corrected chi connectivity index (χ2v) is 5.47. The fourth-order valence-electron chi connectivity index (χ4n) is 2.00. The van der Waals surface area contributed by atoms with E-state index in [2.05, 4.69) is 66.8 Å². The number of aryl methyl sites for hydroxylation is 1. The van der Waals surface area contributed by atoms with Gasteiger partial charge in [-0.2, -0.15) is 0 Å². The number of pyridine rings is 1. The van der Waals surface area contributed by atoms with Crippen molar-refractivity contribution in [1.82, 2.24) is 0 Å². The monoisotopic (exact) mass is 382 g/mol. The summed E-state index contributed by atoms with van der Waals surface area (Å²) in [6, 6.07) is 12.8. The van der Waals surface area contributed by atoms with E-state index < -0.39 is 0 Å². The van der Waals surface area contributed by atoms with Gasteiger partial charge in [0.2, 0.25) is 0 Å². The molecule has 0 radical (unpaired) electrons. The zero-order chi connectivity index (χ0) is 12.5. The molecule has 0 atom stereocenters. The number of rotatable bonds is 1. The Morgan fingerprint density at radius 1 is 1.11 bits per heavy atom. The van der Waals surface area contributed by atoms with Gasteiger partial charge in [0.15, 0.2) is 12.4 Å². The first-order chi connectivity index (χ1) is 8.74. The molecule has 0 saturated heterocycles. The maximum atomic E-state index is 2.24. The molecular weight excluding hydrogens is 367 g/mol. The highest BCUT2D eigenvalue weighted by molar-refractivity contribution is 8.03. The molecule has 0 bridgehead atoms. The van der Waals surface area contributed by atoms with Crippen LogP contribution in [-0.2, 0) is 7.05 Å². The lowest BCUT2D eigenvalue weighted by atomic mass is 10.2. The summed E-state index contributed by atoms with van der Waals surface area (Å²) < 4.78 is 2.04. The van der Waals surface area contributed by atoms with Gasteiger partial charge in [-0.15, -0.1) is 0 Å². The molecule has 0 spiro atoms. The summed E-state index contributed by atoms with van der Waals surface area (Å²) in [7, 11) is 4.15. The van der Waals surface area contributed by atoms with Crippen molar-refractivity contribution in [3.05, 3.63) is 59.4 Å². The molecule has 0 fully saturated rings. The number of hydrogen-bond acceptors (Lipinski definition) is 2. The Labute approximate surface area is 135 Å². The van der Waals surface area contributed by atoms with Crippen molar-refractivity contribution in [2.45, 2.75) is 4.90 Å². The topological polar surface area (TPSA) is 7.12 Å². The molecule has 2 nitrogen and oxygen atoms in total. The summed E-state index contributed by atoms with van der Waals surface area (Å²) >= 11 is 1.82. The summed E-state index contributed by atoms with van der Waals surface area (Å²) in [6.07, 6.45) is 6.36. The number of para-hydroxylation sites is 1. The van der Waals surface area contributed by atoms with E-state index in [1.165, 1.54) is 21.2 Å². The first kappa shape index (κ1) is 14.4. The van der Waals surface area contributed by atoms with Crippen molar-refractivity contribution in [2.24, 2.45) is 7.05 Å². The molecule has 19 heavy (non-hydrogen) atoms. The average molecular weight is 382 g/mol. The average Bonchev–Trinajstić information content (AvgIpc) is 2.70. The standard InChI is InChI=1S/C15H15N2S.HI/c1-16-9-7-12(8-10-16)11-15-17(2)13-5-3-4-6-14(13)18-15;/h3-11H,1-2H3;1H/q+1;/p-1. The van der Waals surface area contributed by atoms with Crippen LogP contribution >= 0.6 is 11.8 Å². The molecule has 2 heterocycles. The quantitative estimate of drug-likeness (QED) is 0.509. The largest absolute Gasteiger partial charge is 1.00 e. The molecule has 3 rings (SSSR count). The van der Waals surface area contributed by atoms with Gasteiger partial charge >= 0.3 is 0 Å². The highest BCUT2D eigenvalue weighted by Crippen LogP contribution is 2.45. The molecule has 1 aromatic carbocycles. The Kier molecular flexibility index (Phi) is 4.52. The van der Waals surface area contributed by atoms with Crippen molar-refractivity contribution in [3.63, 3.8) is 0 Å². The van der Waals surface area contributed by atoms with E-state index in [0.717, 1.165) is 0 Å². The number of hydrogen-bond donors (Lipinski definition) is 0. The fraction of sp³-hybridized carbons (Fsp3) is 0.133. The minimum Gasteiger partial charge on any atom is -1.00 e. The fourth-order valence-corrected chi connectivity index (χ4v) is 3.11.